The van der Waals surface area contributed by atoms with Crippen LogP contribution in [0.25, 0.3) is 0 Å². The van der Waals surface area contributed by atoms with E-state index in [1.165, 1.54) is 4.90 Å². The zero-order valence-corrected chi connectivity index (χ0v) is 20.2. The van der Waals surface area contributed by atoms with Gasteiger partial charge in [0.2, 0.25) is 0 Å². The fourth-order valence-corrected chi connectivity index (χ4v) is 2.91. The summed E-state index contributed by atoms with van der Waals surface area (Å²) in [5.41, 5.74) is 1.03. The van der Waals surface area contributed by atoms with Gasteiger partial charge in [0, 0.05) is 24.4 Å². The predicted molar refractivity (Wildman–Crippen MR) is 128 cm³/mol. The third-order valence-corrected chi connectivity index (χ3v) is 5.73. The molecule has 1 aliphatic rings. The van der Waals surface area contributed by atoms with Crippen LogP contribution in [0.3, 0.4) is 0 Å². The van der Waals surface area contributed by atoms with Crippen LogP contribution in [0, 0.1) is 0 Å². The van der Waals surface area contributed by atoms with E-state index in [-0.39, 0.29) is 40.5 Å². The highest BCUT2D eigenvalue weighted by Gasteiger charge is 2.34. The fraction of sp³-hybridized carbons (Fsp3) is 0.550. The van der Waals surface area contributed by atoms with Crippen LogP contribution >= 0.6 is 35.7 Å². The molecule has 1 aliphatic heterocycles. The van der Waals surface area contributed by atoms with Crippen LogP contribution in [0.4, 0.5) is 0 Å². The largest absolute Gasteiger partial charge is 0.357 e. The fourth-order valence-electron chi connectivity index (χ4n) is 2.72. The Kier molecular flexibility index (Phi) is 10.3. The molecular weight excluding hydrogens is 487 g/mol. The van der Waals surface area contributed by atoms with Crippen molar-refractivity contribution in [2.45, 2.75) is 38.4 Å². The van der Waals surface area contributed by atoms with Crippen molar-refractivity contribution in [2.24, 2.45) is 4.99 Å². The topological polar surface area (TPSA) is 73.8 Å². The van der Waals surface area contributed by atoms with Crippen LogP contribution in [0.1, 0.15) is 54.3 Å². The summed E-state index contributed by atoms with van der Waals surface area (Å²) >= 11 is 1.80. The van der Waals surface area contributed by atoms with E-state index in [0.29, 0.717) is 17.7 Å². The van der Waals surface area contributed by atoms with Gasteiger partial charge in [0.05, 0.1) is 17.7 Å². The molecule has 1 heterocycles. The van der Waals surface area contributed by atoms with Gasteiger partial charge in [-0.25, -0.2) is 0 Å². The van der Waals surface area contributed by atoms with E-state index in [4.69, 9.17) is 0 Å². The van der Waals surface area contributed by atoms with Gasteiger partial charge in [-0.3, -0.25) is 19.5 Å². The number of carbonyl (C=O) groups is 2. The Bertz CT molecular complexity index is 674. The number of aliphatic imine (C=N–C) groups is 1. The monoisotopic (exact) mass is 518 g/mol. The molecule has 2 N–H and O–H groups in total. The molecule has 0 fully saturated rings. The van der Waals surface area contributed by atoms with Crippen molar-refractivity contribution in [3.8, 4) is 0 Å². The summed E-state index contributed by atoms with van der Waals surface area (Å²) in [7, 11) is 0. The summed E-state index contributed by atoms with van der Waals surface area (Å²) in [5, 5.41) is 6.57. The minimum absolute atomic E-state index is 0. The van der Waals surface area contributed by atoms with Gasteiger partial charge < -0.3 is 10.6 Å². The first-order valence-corrected chi connectivity index (χ1v) is 10.6. The van der Waals surface area contributed by atoms with E-state index in [9.17, 15) is 9.59 Å². The number of fused-ring (bicyclic) bond motifs is 1. The van der Waals surface area contributed by atoms with E-state index in [1.807, 2.05) is 6.92 Å². The second-order valence-electron chi connectivity index (χ2n) is 7.10. The maximum atomic E-state index is 12.3. The highest BCUT2D eigenvalue weighted by atomic mass is 127. The quantitative estimate of drug-likeness (QED) is 0.173. The van der Waals surface area contributed by atoms with Crippen LogP contribution in [-0.4, -0.2) is 59.9 Å². The maximum absolute atomic E-state index is 12.3. The first kappa shape index (κ1) is 24.7. The SMILES string of the molecule is CCNC(=NCC(C)(C)SC)NCCCCN1C(=O)c2ccccc2C1=O.I. The third-order valence-electron chi connectivity index (χ3n) is 4.49. The van der Waals surface area contributed by atoms with Crippen molar-refractivity contribution >= 4 is 53.5 Å². The molecule has 0 spiro atoms. The molecule has 2 amide bonds. The third kappa shape index (κ3) is 6.65. The van der Waals surface area contributed by atoms with E-state index in [0.717, 1.165) is 38.4 Å². The Hall–Kier alpha value is -1.29. The average molecular weight is 518 g/mol. The predicted octanol–water partition coefficient (Wildman–Crippen LogP) is 3.38. The van der Waals surface area contributed by atoms with E-state index >= 15 is 0 Å². The second kappa shape index (κ2) is 11.6. The molecule has 0 atom stereocenters. The van der Waals surface area contributed by atoms with Crippen molar-refractivity contribution in [1.82, 2.24) is 15.5 Å². The van der Waals surface area contributed by atoms with Crippen molar-refractivity contribution in [1.29, 1.82) is 0 Å². The number of hydrogen-bond acceptors (Lipinski definition) is 4. The number of imide groups is 1. The van der Waals surface area contributed by atoms with Crippen molar-refractivity contribution in [3.05, 3.63) is 35.4 Å². The lowest BCUT2D eigenvalue weighted by atomic mass is 10.1. The summed E-state index contributed by atoms with van der Waals surface area (Å²) < 4.78 is 0.105. The number of carbonyl (C=O) groups excluding carboxylic acids is 2. The number of unbranched alkanes of at least 4 members (excludes halogenated alkanes) is 1. The molecular formula is C20H31IN4O2S. The molecule has 2 rings (SSSR count). The number of thioether (sulfide) groups is 1. The summed E-state index contributed by atoms with van der Waals surface area (Å²) in [5.74, 6) is 0.441. The Morgan fingerprint density at radius 2 is 1.71 bits per heavy atom. The average Bonchev–Trinajstić information content (AvgIpc) is 2.91. The Balaban J connectivity index is 0.00000392. The van der Waals surface area contributed by atoms with E-state index < -0.39 is 0 Å². The molecule has 1 aromatic carbocycles. The summed E-state index contributed by atoms with van der Waals surface area (Å²) in [6, 6.07) is 7.01. The van der Waals surface area contributed by atoms with Crippen LogP contribution < -0.4 is 10.6 Å². The van der Waals surface area contributed by atoms with Gasteiger partial charge in [-0.05, 0) is 52.0 Å². The number of rotatable bonds is 9. The summed E-state index contributed by atoms with van der Waals surface area (Å²) in [6.45, 7) is 9.12. The van der Waals surface area contributed by atoms with Gasteiger partial charge in [0.15, 0.2) is 5.96 Å². The number of amides is 2. The zero-order chi connectivity index (χ0) is 19.9. The molecule has 156 valence electrons. The van der Waals surface area contributed by atoms with E-state index in [1.54, 1.807) is 36.0 Å². The molecule has 0 radical (unpaired) electrons. The lowest BCUT2D eigenvalue weighted by molar-refractivity contribution is 0.0652. The molecule has 0 unspecified atom stereocenters. The molecule has 1 aromatic rings. The number of nitrogens with zero attached hydrogens (tertiary/aromatic N) is 2. The summed E-state index contributed by atoms with van der Waals surface area (Å²) in [4.78, 5) is 30.6. The Labute approximate surface area is 189 Å². The van der Waals surface area contributed by atoms with Crippen molar-refractivity contribution in [2.75, 3.05) is 32.4 Å². The standard InChI is InChI=1S/C20H30N4O2S.HI/c1-5-21-19(23-14-20(2,3)27-4)22-12-8-9-13-24-17(25)15-10-6-7-11-16(15)18(24)26;/h6-7,10-11H,5,8-9,12-14H2,1-4H3,(H2,21,22,23);1H. The number of guanidine groups is 1. The maximum Gasteiger partial charge on any atom is 0.261 e. The van der Waals surface area contributed by atoms with Crippen LogP contribution in [0.5, 0.6) is 0 Å². The summed E-state index contributed by atoms with van der Waals surface area (Å²) in [6.07, 6.45) is 3.70. The molecule has 0 saturated carbocycles. The molecule has 28 heavy (non-hydrogen) atoms. The molecule has 0 aliphatic carbocycles. The zero-order valence-electron chi connectivity index (χ0n) is 17.1. The molecule has 0 aromatic heterocycles. The van der Waals surface area contributed by atoms with Gasteiger partial charge >= 0.3 is 0 Å². The Morgan fingerprint density at radius 1 is 1.11 bits per heavy atom. The van der Waals surface area contributed by atoms with Gasteiger partial charge in [-0.15, -0.1) is 24.0 Å². The highest BCUT2D eigenvalue weighted by molar-refractivity contribution is 14.0. The number of benzene rings is 1. The molecule has 8 heteroatoms. The normalized spacial score (nSPS) is 14.0. The van der Waals surface area contributed by atoms with Gasteiger partial charge in [0.25, 0.3) is 11.8 Å². The van der Waals surface area contributed by atoms with E-state index in [2.05, 4.69) is 35.7 Å². The number of nitrogens with one attached hydrogen (secondary N) is 2. The van der Waals surface area contributed by atoms with Crippen LogP contribution in [0.15, 0.2) is 29.3 Å². The lowest BCUT2D eigenvalue weighted by Crippen LogP contribution is -2.39. The minimum Gasteiger partial charge on any atom is -0.357 e. The van der Waals surface area contributed by atoms with Gasteiger partial charge in [-0.1, -0.05) is 12.1 Å². The molecule has 0 bridgehead atoms. The van der Waals surface area contributed by atoms with Crippen LogP contribution in [0.2, 0.25) is 0 Å². The first-order valence-electron chi connectivity index (χ1n) is 9.42. The molecule has 6 nitrogen and oxygen atoms in total. The van der Waals surface area contributed by atoms with Crippen molar-refractivity contribution < 1.29 is 9.59 Å². The van der Waals surface area contributed by atoms with Crippen molar-refractivity contribution in [3.63, 3.8) is 0 Å². The number of halogens is 1. The highest BCUT2D eigenvalue weighted by Crippen LogP contribution is 2.22. The smallest absolute Gasteiger partial charge is 0.261 e. The molecule has 0 saturated heterocycles. The van der Waals surface area contributed by atoms with Gasteiger partial charge in [0.1, 0.15) is 0 Å². The van der Waals surface area contributed by atoms with Crippen LogP contribution in [-0.2, 0) is 0 Å². The lowest BCUT2D eigenvalue weighted by Gasteiger charge is -2.20. The second-order valence-corrected chi connectivity index (χ2v) is 8.61. The van der Waals surface area contributed by atoms with Gasteiger partial charge in [-0.2, -0.15) is 11.8 Å². The number of hydrogen-bond donors (Lipinski definition) is 2. The minimum atomic E-state index is -0.183. The first-order chi connectivity index (χ1) is 12.9. The Morgan fingerprint density at radius 3 is 2.25 bits per heavy atom.